The van der Waals surface area contributed by atoms with Crippen molar-refractivity contribution in [2.45, 2.75) is 42.7 Å². The molecule has 208 valence electrons. The number of fused-ring (bicyclic) bond motifs is 1. The lowest BCUT2D eigenvalue weighted by Gasteiger charge is -2.28. The van der Waals surface area contributed by atoms with Gasteiger partial charge >= 0.3 is 0 Å². The molecule has 1 amide bonds. The molecule has 2 aromatic heterocycles. The summed E-state index contributed by atoms with van der Waals surface area (Å²) in [6.07, 6.45) is 7.50. The predicted molar refractivity (Wildman–Crippen MR) is 154 cm³/mol. The molecular formula is C29H32N6O4S. The van der Waals surface area contributed by atoms with Crippen molar-refractivity contribution in [1.82, 2.24) is 19.3 Å². The number of hydrogen-bond acceptors (Lipinski definition) is 8. The summed E-state index contributed by atoms with van der Waals surface area (Å²) in [4.78, 5) is 26.6. The van der Waals surface area contributed by atoms with Gasteiger partial charge in [-0.25, -0.2) is 22.7 Å². The number of aromatic nitrogens is 3. The Bertz CT molecular complexity index is 1650. The highest BCUT2D eigenvalue weighted by Gasteiger charge is 2.23. The van der Waals surface area contributed by atoms with Gasteiger partial charge in [0.05, 0.1) is 22.2 Å². The van der Waals surface area contributed by atoms with Gasteiger partial charge in [-0.2, -0.15) is 0 Å². The van der Waals surface area contributed by atoms with Crippen LogP contribution >= 0.6 is 0 Å². The average molecular weight is 561 g/mol. The van der Waals surface area contributed by atoms with E-state index in [2.05, 4.69) is 10.3 Å². The molecule has 40 heavy (non-hydrogen) atoms. The van der Waals surface area contributed by atoms with Crippen LogP contribution in [0.2, 0.25) is 0 Å². The quantitative estimate of drug-likeness (QED) is 0.329. The lowest BCUT2D eigenvalue weighted by Crippen LogP contribution is -2.29. The zero-order chi connectivity index (χ0) is 28.4. The fourth-order valence-corrected chi connectivity index (χ4v) is 5.96. The summed E-state index contributed by atoms with van der Waals surface area (Å²) in [5.41, 5.74) is 9.20. The molecule has 0 bridgehead atoms. The Kier molecular flexibility index (Phi) is 7.79. The van der Waals surface area contributed by atoms with Crippen LogP contribution in [0.4, 0.5) is 5.95 Å². The van der Waals surface area contributed by atoms with Gasteiger partial charge in [-0.1, -0.05) is 30.3 Å². The summed E-state index contributed by atoms with van der Waals surface area (Å²) in [6.45, 7) is 0. The molecule has 11 heteroatoms. The van der Waals surface area contributed by atoms with E-state index in [-0.39, 0.29) is 17.0 Å². The first-order valence-corrected chi connectivity index (χ1v) is 14.5. The van der Waals surface area contributed by atoms with Gasteiger partial charge in [0.15, 0.2) is 0 Å². The first-order valence-electron chi connectivity index (χ1n) is 13.1. The number of anilines is 1. The third-order valence-electron chi connectivity index (χ3n) is 7.35. The van der Waals surface area contributed by atoms with E-state index in [1.807, 2.05) is 6.07 Å². The van der Waals surface area contributed by atoms with E-state index in [0.29, 0.717) is 39.2 Å². The van der Waals surface area contributed by atoms with E-state index in [9.17, 15) is 13.2 Å². The number of pyridine rings is 1. The molecule has 0 unspecified atom stereocenters. The number of benzene rings is 2. The van der Waals surface area contributed by atoms with Gasteiger partial charge in [0, 0.05) is 61.7 Å². The number of nitrogens with one attached hydrogen (secondary N) is 1. The fraction of sp³-hybridized carbons (Fsp3) is 0.310. The lowest BCUT2D eigenvalue weighted by molar-refractivity contribution is 0.0681. The molecule has 0 spiro atoms. The topological polar surface area (TPSA) is 140 Å². The Hall–Kier alpha value is -3.93. The molecule has 1 fully saturated rings. The van der Waals surface area contributed by atoms with E-state index in [1.54, 1.807) is 62.0 Å². The van der Waals surface area contributed by atoms with Crippen LogP contribution in [0.5, 0.6) is 0 Å². The second kappa shape index (κ2) is 11.3. The van der Waals surface area contributed by atoms with Crippen molar-refractivity contribution in [2.24, 2.45) is 5.73 Å². The summed E-state index contributed by atoms with van der Waals surface area (Å²) < 4.78 is 31.9. The zero-order valence-electron chi connectivity index (χ0n) is 22.7. The second-order valence-electron chi connectivity index (χ2n) is 10.1. The van der Waals surface area contributed by atoms with Crippen molar-refractivity contribution >= 4 is 32.8 Å². The van der Waals surface area contributed by atoms with Crippen LogP contribution in [0.15, 0.2) is 65.8 Å². The number of hydrogen-bond donors (Lipinski definition) is 2. The highest BCUT2D eigenvalue weighted by molar-refractivity contribution is 7.89. The van der Waals surface area contributed by atoms with Crippen molar-refractivity contribution in [3.05, 3.63) is 66.5 Å². The maximum atomic E-state index is 12.6. The number of amides is 1. The first-order chi connectivity index (χ1) is 19.2. The van der Waals surface area contributed by atoms with E-state index < -0.39 is 15.9 Å². The third-order valence-corrected chi connectivity index (χ3v) is 9.18. The monoisotopic (exact) mass is 560 g/mol. The second-order valence-corrected chi connectivity index (χ2v) is 12.2. The zero-order valence-corrected chi connectivity index (χ0v) is 23.5. The van der Waals surface area contributed by atoms with E-state index >= 15 is 0 Å². The van der Waals surface area contributed by atoms with Crippen LogP contribution in [0.1, 0.15) is 36.0 Å². The molecule has 1 saturated carbocycles. The number of rotatable bonds is 8. The molecule has 0 aliphatic heterocycles. The lowest BCUT2D eigenvalue weighted by atomic mass is 9.93. The van der Waals surface area contributed by atoms with Crippen LogP contribution < -0.4 is 11.1 Å². The Labute approximate surface area is 233 Å². The van der Waals surface area contributed by atoms with Crippen LogP contribution in [0, 0.1) is 0 Å². The number of methoxy groups -OCH3 is 1. The molecule has 0 atom stereocenters. The van der Waals surface area contributed by atoms with Crippen LogP contribution in [-0.4, -0.2) is 66.9 Å². The Morgan fingerprint density at radius 2 is 1.68 bits per heavy atom. The van der Waals surface area contributed by atoms with E-state index in [4.69, 9.17) is 20.4 Å². The smallest absolute Gasteiger partial charge is 0.249 e. The number of ether oxygens (including phenoxy) is 1. The van der Waals surface area contributed by atoms with E-state index in [1.165, 1.54) is 18.4 Å². The highest BCUT2D eigenvalue weighted by atomic mass is 32.2. The minimum Gasteiger partial charge on any atom is -0.381 e. The summed E-state index contributed by atoms with van der Waals surface area (Å²) in [7, 11) is 1.17. The van der Waals surface area contributed by atoms with Crippen molar-refractivity contribution in [3.8, 4) is 22.4 Å². The van der Waals surface area contributed by atoms with Gasteiger partial charge in [0.1, 0.15) is 0 Å². The highest BCUT2D eigenvalue weighted by Crippen LogP contribution is 2.35. The molecule has 0 radical (unpaired) electrons. The minimum atomic E-state index is -3.57. The van der Waals surface area contributed by atoms with Gasteiger partial charge in [0.25, 0.3) is 0 Å². The molecule has 0 saturated heterocycles. The predicted octanol–water partition coefficient (Wildman–Crippen LogP) is 4.08. The van der Waals surface area contributed by atoms with Gasteiger partial charge in [-0.15, -0.1) is 0 Å². The fourth-order valence-electron chi connectivity index (χ4n) is 5.06. The third kappa shape index (κ3) is 5.40. The Balaban J connectivity index is 1.61. The van der Waals surface area contributed by atoms with Crippen LogP contribution in [0.25, 0.3) is 33.3 Å². The summed E-state index contributed by atoms with van der Waals surface area (Å²) in [5, 5.41) is 4.11. The molecule has 3 N–H and O–H groups in total. The van der Waals surface area contributed by atoms with Crippen LogP contribution in [-0.2, 0) is 14.8 Å². The molecule has 4 aromatic rings. The molecule has 10 nitrogen and oxygen atoms in total. The molecular weight excluding hydrogens is 528 g/mol. The SMILES string of the molecule is COC1CCC(Nc2ncc3c(-c4ccccc4C(N)=O)ncc(-c4ccc(S(=O)(=O)N(C)C)cc4)c3n2)CC1. The molecule has 1 aliphatic rings. The number of carbonyl (C=O) groups excluding carboxylic acids is 1. The van der Waals surface area contributed by atoms with Gasteiger partial charge in [-0.05, 0) is 49.4 Å². The first kappa shape index (κ1) is 27.6. The maximum absolute atomic E-state index is 12.6. The largest absolute Gasteiger partial charge is 0.381 e. The molecule has 2 aromatic carbocycles. The molecule has 5 rings (SSSR count). The van der Waals surface area contributed by atoms with Gasteiger partial charge < -0.3 is 15.8 Å². The maximum Gasteiger partial charge on any atom is 0.249 e. The van der Waals surface area contributed by atoms with Crippen LogP contribution in [0.3, 0.4) is 0 Å². The van der Waals surface area contributed by atoms with Gasteiger partial charge in [-0.3, -0.25) is 9.78 Å². The number of sulfonamides is 1. The normalized spacial score (nSPS) is 17.7. The summed E-state index contributed by atoms with van der Waals surface area (Å²) in [5.74, 6) is -0.0695. The van der Waals surface area contributed by atoms with Crippen molar-refractivity contribution in [2.75, 3.05) is 26.5 Å². The molecule has 2 heterocycles. The number of carbonyl (C=O) groups is 1. The van der Waals surface area contributed by atoms with Crippen molar-refractivity contribution < 1.29 is 17.9 Å². The van der Waals surface area contributed by atoms with Gasteiger partial charge in [0.2, 0.25) is 21.9 Å². The Morgan fingerprint density at radius 1 is 0.975 bits per heavy atom. The Morgan fingerprint density at radius 3 is 2.33 bits per heavy atom. The molecule has 1 aliphatic carbocycles. The van der Waals surface area contributed by atoms with E-state index in [0.717, 1.165) is 31.2 Å². The summed E-state index contributed by atoms with van der Waals surface area (Å²) >= 11 is 0. The minimum absolute atomic E-state index is 0.189. The van der Waals surface area contributed by atoms with Crippen molar-refractivity contribution in [3.63, 3.8) is 0 Å². The number of primary amides is 1. The number of nitrogens with two attached hydrogens (primary N) is 1. The average Bonchev–Trinajstić information content (AvgIpc) is 2.97. The number of nitrogens with zero attached hydrogens (tertiary/aromatic N) is 4. The summed E-state index contributed by atoms with van der Waals surface area (Å²) in [6, 6.07) is 13.9. The standard InChI is InChI=1S/C29H32N6O4S/c1-35(2)40(37,38)21-14-8-18(9-15-21)24-16-31-26(22-6-4-5-7-23(22)28(30)36)25-17-32-29(34-27(24)25)33-19-10-12-20(39-3)13-11-19/h4-9,14-17,19-20H,10-13H2,1-3H3,(H2,30,36)(H,32,33,34). The van der Waals surface area contributed by atoms with Crippen molar-refractivity contribution in [1.29, 1.82) is 0 Å².